The van der Waals surface area contributed by atoms with Crippen LogP contribution in [0.4, 0.5) is 0 Å². The van der Waals surface area contributed by atoms with Crippen LogP contribution in [0.15, 0.2) is 18.2 Å². The van der Waals surface area contributed by atoms with Gasteiger partial charge in [0.1, 0.15) is 0 Å². The molecule has 1 unspecified atom stereocenters. The van der Waals surface area contributed by atoms with Gasteiger partial charge in [-0.05, 0) is 19.1 Å². The van der Waals surface area contributed by atoms with Crippen LogP contribution in [0.3, 0.4) is 0 Å². The minimum Gasteiger partial charge on any atom is -0.338 e. The standard InChI is InChI=1S/C12H12Cl2N2O/c1-8(6-7-15)16(2)12(17)9-4-3-5-10(13)11(9)14/h3-5,8H,6H2,1-2H3. The van der Waals surface area contributed by atoms with Crippen LogP contribution in [0.1, 0.15) is 23.7 Å². The van der Waals surface area contributed by atoms with E-state index in [2.05, 4.69) is 0 Å². The number of amides is 1. The van der Waals surface area contributed by atoms with Gasteiger partial charge >= 0.3 is 0 Å². The molecule has 1 aromatic rings. The predicted octanol–water partition coefficient (Wildman–Crippen LogP) is 3.37. The molecule has 0 aliphatic heterocycles. The molecule has 0 fully saturated rings. The summed E-state index contributed by atoms with van der Waals surface area (Å²) in [7, 11) is 1.64. The molecule has 5 heteroatoms. The summed E-state index contributed by atoms with van der Waals surface area (Å²) in [5.41, 5.74) is 0.353. The number of nitrogens with zero attached hydrogens (tertiary/aromatic N) is 2. The highest BCUT2D eigenvalue weighted by Crippen LogP contribution is 2.26. The van der Waals surface area contributed by atoms with Gasteiger partial charge in [0, 0.05) is 13.1 Å². The number of hydrogen-bond acceptors (Lipinski definition) is 2. The molecule has 90 valence electrons. The molecule has 0 aliphatic rings. The van der Waals surface area contributed by atoms with E-state index in [9.17, 15) is 4.79 Å². The smallest absolute Gasteiger partial charge is 0.255 e. The van der Waals surface area contributed by atoms with Crippen molar-refractivity contribution in [2.75, 3.05) is 7.05 Å². The maximum atomic E-state index is 12.1. The van der Waals surface area contributed by atoms with Crippen molar-refractivity contribution in [3.05, 3.63) is 33.8 Å². The number of hydrogen-bond donors (Lipinski definition) is 0. The van der Waals surface area contributed by atoms with Gasteiger partial charge in [-0.3, -0.25) is 4.79 Å². The van der Waals surface area contributed by atoms with Crippen molar-refractivity contribution in [2.24, 2.45) is 0 Å². The van der Waals surface area contributed by atoms with E-state index < -0.39 is 0 Å². The fraction of sp³-hybridized carbons (Fsp3) is 0.333. The predicted molar refractivity (Wildman–Crippen MR) is 68.2 cm³/mol. The van der Waals surface area contributed by atoms with E-state index in [0.29, 0.717) is 10.6 Å². The first-order valence-corrected chi connectivity index (χ1v) is 5.82. The summed E-state index contributed by atoms with van der Waals surface area (Å²) in [6, 6.07) is 6.78. The van der Waals surface area contributed by atoms with Crippen molar-refractivity contribution in [1.82, 2.24) is 4.90 Å². The average molecular weight is 271 g/mol. The highest BCUT2D eigenvalue weighted by atomic mass is 35.5. The van der Waals surface area contributed by atoms with Crippen LogP contribution < -0.4 is 0 Å². The first kappa shape index (κ1) is 13.8. The zero-order valence-electron chi connectivity index (χ0n) is 9.58. The molecule has 0 radical (unpaired) electrons. The lowest BCUT2D eigenvalue weighted by Gasteiger charge is -2.23. The minimum atomic E-state index is -0.236. The Morgan fingerprint density at radius 2 is 2.18 bits per heavy atom. The van der Waals surface area contributed by atoms with Gasteiger partial charge < -0.3 is 4.90 Å². The SMILES string of the molecule is CC(CC#N)N(C)C(=O)c1cccc(Cl)c1Cl. The van der Waals surface area contributed by atoms with Crippen molar-refractivity contribution >= 4 is 29.1 Å². The highest BCUT2D eigenvalue weighted by molar-refractivity contribution is 6.43. The summed E-state index contributed by atoms with van der Waals surface area (Å²) in [6.45, 7) is 1.81. The Morgan fingerprint density at radius 3 is 2.76 bits per heavy atom. The lowest BCUT2D eigenvalue weighted by atomic mass is 10.1. The number of benzene rings is 1. The molecule has 0 saturated carbocycles. The van der Waals surface area contributed by atoms with Gasteiger partial charge in [-0.1, -0.05) is 29.3 Å². The Kier molecular flexibility index (Phi) is 4.80. The van der Waals surface area contributed by atoms with Crippen molar-refractivity contribution in [2.45, 2.75) is 19.4 Å². The van der Waals surface area contributed by atoms with Gasteiger partial charge in [-0.15, -0.1) is 0 Å². The summed E-state index contributed by atoms with van der Waals surface area (Å²) in [4.78, 5) is 13.6. The number of carbonyl (C=O) groups excluding carboxylic acids is 1. The van der Waals surface area contributed by atoms with E-state index in [1.807, 2.05) is 6.07 Å². The fourth-order valence-corrected chi connectivity index (χ4v) is 1.71. The Morgan fingerprint density at radius 1 is 1.53 bits per heavy atom. The molecule has 1 rings (SSSR count). The quantitative estimate of drug-likeness (QED) is 0.846. The van der Waals surface area contributed by atoms with E-state index in [1.54, 1.807) is 32.2 Å². The number of rotatable bonds is 3. The second-order valence-electron chi connectivity index (χ2n) is 3.73. The molecule has 0 bridgehead atoms. The number of halogens is 2. The average Bonchev–Trinajstić information content (AvgIpc) is 2.31. The van der Waals surface area contributed by atoms with Gasteiger partial charge in [0.2, 0.25) is 0 Å². The van der Waals surface area contributed by atoms with E-state index >= 15 is 0 Å². The minimum absolute atomic E-state index is 0.164. The zero-order chi connectivity index (χ0) is 13.0. The van der Waals surface area contributed by atoms with Crippen LogP contribution in [0.25, 0.3) is 0 Å². The molecule has 0 heterocycles. The summed E-state index contributed by atoms with van der Waals surface area (Å²) in [5, 5.41) is 9.19. The fourth-order valence-electron chi connectivity index (χ4n) is 1.33. The van der Waals surface area contributed by atoms with E-state index in [1.165, 1.54) is 4.90 Å². The third kappa shape index (κ3) is 3.12. The van der Waals surface area contributed by atoms with E-state index in [4.69, 9.17) is 28.5 Å². The van der Waals surface area contributed by atoms with Gasteiger partial charge in [0.05, 0.1) is 28.1 Å². The molecular weight excluding hydrogens is 259 g/mol. The number of carbonyl (C=O) groups is 1. The Bertz CT molecular complexity index is 468. The van der Waals surface area contributed by atoms with Crippen molar-refractivity contribution < 1.29 is 4.79 Å². The molecule has 0 saturated heterocycles. The first-order chi connectivity index (χ1) is 7.99. The molecule has 0 aromatic heterocycles. The molecule has 3 nitrogen and oxygen atoms in total. The Balaban J connectivity index is 2.97. The first-order valence-electron chi connectivity index (χ1n) is 5.07. The van der Waals surface area contributed by atoms with Crippen LogP contribution in [-0.4, -0.2) is 23.9 Å². The Labute approximate surface area is 111 Å². The van der Waals surface area contributed by atoms with Crippen LogP contribution in [0.5, 0.6) is 0 Å². The second-order valence-corrected chi connectivity index (χ2v) is 4.51. The molecule has 1 aromatic carbocycles. The molecule has 0 N–H and O–H groups in total. The van der Waals surface area contributed by atoms with E-state index in [0.717, 1.165) is 0 Å². The molecule has 17 heavy (non-hydrogen) atoms. The molecule has 0 aliphatic carbocycles. The van der Waals surface area contributed by atoms with Crippen molar-refractivity contribution in [1.29, 1.82) is 5.26 Å². The third-order valence-corrected chi connectivity index (χ3v) is 3.37. The van der Waals surface area contributed by atoms with Gasteiger partial charge in [-0.25, -0.2) is 0 Å². The summed E-state index contributed by atoms with van der Waals surface area (Å²) in [6.07, 6.45) is 0.278. The topological polar surface area (TPSA) is 44.1 Å². The lowest BCUT2D eigenvalue weighted by molar-refractivity contribution is 0.0746. The van der Waals surface area contributed by atoms with Crippen LogP contribution in [0, 0.1) is 11.3 Å². The van der Waals surface area contributed by atoms with Gasteiger partial charge in [-0.2, -0.15) is 5.26 Å². The van der Waals surface area contributed by atoms with Crippen LogP contribution >= 0.6 is 23.2 Å². The molecule has 1 amide bonds. The number of nitriles is 1. The highest BCUT2D eigenvalue weighted by Gasteiger charge is 2.20. The van der Waals surface area contributed by atoms with Crippen LogP contribution in [0.2, 0.25) is 10.0 Å². The normalized spacial score (nSPS) is 11.7. The van der Waals surface area contributed by atoms with Crippen LogP contribution in [-0.2, 0) is 0 Å². The van der Waals surface area contributed by atoms with E-state index in [-0.39, 0.29) is 23.4 Å². The van der Waals surface area contributed by atoms with Gasteiger partial charge in [0.15, 0.2) is 0 Å². The monoisotopic (exact) mass is 270 g/mol. The summed E-state index contributed by atoms with van der Waals surface area (Å²) >= 11 is 11.8. The zero-order valence-corrected chi connectivity index (χ0v) is 11.1. The summed E-state index contributed by atoms with van der Waals surface area (Å²) in [5.74, 6) is -0.236. The maximum Gasteiger partial charge on any atom is 0.255 e. The summed E-state index contributed by atoms with van der Waals surface area (Å²) < 4.78 is 0. The van der Waals surface area contributed by atoms with Gasteiger partial charge in [0.25, 0.3) is 5.91 Å². The second kappa shape index (κ2) is 5.90. The molecule has 1 atom stereocenters. The Hall–Kier alpha value is -1.24. The van der Waals surface area contributed by atoms with Crippen molar-refractivity contribution in [3.63, 3.8) is 0 Å². The third-order valence-electron chi connectivity index (χ3n) is 2.55. The largest absolute Gasteiger partial charge is 0.338 e. The van der Waals surface area contributed by atoms with Crippen molar-refractivity contribution in [3.8, 4) is 6.07 Å². The lowest BCUT2D eigenvalue weighted by Crippen LogP contribution is -2.35. The molecule has 0 spiro atoms. The molecular formula is C12H12Cl2N2O. The maximum absolute atomic E-state index is 12.1.